The molecule has 1 unspecified atom stereocenters. The zero-order valence-corrected chi connectivity index (χ0v) is 12.9. The lowest BCUT2D eigenvalue weighted by Crippen LogP contribution is -2.55. The van der Waals surface area contributed by atoms with Gasteiger partial charge < -0.3 is 10.4 Å². The van der Waals surface area contributed by atoms with Gasteiger partial charge in [0.1, 0.15) is 0 Å². The van der Waals surface area contributed by atoms with Gasteiger partial charge in [-0.2, -0.15) is 0 Å². The normalized spacial score (nSPS) is 17.9. The number of hydrogen-bond donors (Lipinski definition) is 2. The molecule has 1 atom stereocenters. The van der Waals surface area contributed by atoms with Crippen molar-refractivity contribution in [2.45, 2.75) is 44.1 Å². The fourth-order valence-electron chi connectivity index (χ4n) is 2.51. The van der Waals surface area contributed by atoms with Gasteiger partial charge in [-0.3, -0.25) is 9.59 Å². The number of nitrogens with one attached hydrogen (secondary N) is 1. The number of halogens is 1. The van der Waals surface area contributed by atoms with Gasteiger partial charge in [0.15, 0.2) is 0 Å². The van der Waals surface area contributed by atoms with Gasteiger partial charge in [0.05, 0.1) is 17.9 Å². The van der Waals surface area contributed by atoms with Crippen LogP contribution in [0.3, 0.4) is 0 Å². The third kappa shape index (κ3) is 3.39. The first-order valence-corrected chi connectivity index (χ1v) is 7.50. The third-order valence-corrected chi connectivity index (χ3v) is 4.48. The van der Waals surface area contributed by atoms with Crippen LogP contribution in [0, 0.1) is 0 Å². The summed E-state index contributed by atoms with van der Waals surface area (Å²) in [6.45, 7) is 1.84. The monoisotopic (exact) mass is 339 g/mol. The minimum atomic E-state index is -0.860. The van der Waals surface area contributed by atoms with E-state index in [4.69, 9.17) is 5.11 Å². The lowest BCUT2D eigenvalue weighted by Gasteiger charge is -2.42. The summed E-state index contributed by atoms with van der Waals surface area (Å²) in [6.07, 6.45) is 2.47. The van der Waals surface area contributed by atoms with Crippen LogP contribution in [0.15, 0.2) is 28.7 Å². The topological polar surface area (TPSA) is 66.4 Å². The van der Waals surface area contributed by atoms with Crippen LogP contribution in [-0.4, -0.2) is 22.5 Å². The number of aliphatic carboxylic acids is 1. The molecule has 0 aromatic heterocycles. The second-order valence-corrected chi connectivity index (χ2v) is 6.38. The molecular formula is C15H18BrNO3. The van der Waals surface area contributed by atoms with E-state index in [-0.39, 0.29) is 18.2 Å². The van der Waals surface area contributed by atoms with Crippen LogP contribution in [0.1, 0.15) is 44.1 Å². The Hall–Kier alpha value is -1.36. The maximum Gasteiger partial charge on any atom is 0.305 e. The van der Waals surface area contributed by atoms with Crippen LogP contribution in [0.5, 0.6) is 0 Å². The SMILES string of the molecule is CC(C(=O)NC1(CC(=O)O)CCC1)c1ccc(Br)cc1. The molecule has 1 aliphatic rings. The van der Waals surface area contributed by atoms with Crippen LogP contribution in [0.25, 0.3) is 0 Å². The molecule has 0 radical (unpaired) electrons. The Morgan fingerprint density at radius 1 is 1.35 bits per heavy atom. The van der Waals surface area contributed by atoms with Crippen molar-refractivity contribution in [2.24, 2.45) is 0 Å². The highest BCUT2D eigenvalue weighted by atomic mass is 79.9. The molecule has 2 rings (SSSR count). The second-order valence-electron chi connectivity index (χ2n) is 5.47. The molecule has 1 fully saturated rings. The van der Waals surface area contributed by atoms with E-state index in [0.717, 1.165) is 29.3 Å². The van der Waals surface area contributed by atoms with Crippen molar-refractivity contribution in [3.63, 3.8) is 0 Å². The van der Waals surface area contributed by atoms with E-state index < -0.39 is 11.5 Å². The van der Waals surface area contributed by atoms with Gasteiger partial charge in [0, 0.05) is 4.47 Å². The van der Waals surface area contributed by atoms with E-state index in [1.807, 2.05) is 31.2 Å². The summed E-state index contributed by atoms with van der Waals surface area (Å²) in [6, 6.07) is 7.60. The summed E-state index contributed by atoms with van der Waals surface area (Å²) in [4.78, 5) is 23.2. The number of carboxylic acid groups (broad SMARTS) is 1. The summed E-state index contributed by atoms with van der Waals surface area (Å²) in [5.74, 6) is -1.25. The van der Waals surface area contributed by atoms with Gasteiger partial charge >= 0.3 is 5.97 Å². The zero-order chi connectivity index (χ0) is 14.8. The Morgan fingerprint density at radius 3 is 2.40 bits per heavy atom. The standard InChI is InChI=1S/C15H18BrNO3/c1-10(11-3-5-12(16)6-4-11)14(20)17-15(7-2-8-15)9-13(18)19/h3-6,10H,2,7-9H2,1H3,(H,17,20)(H,18,19). The Morgan fingerprint density at radius 2 is 1.95 bits per heavy atom. The minimum absolute atomic E-state index is 0.00575. The van der Waals surface area contributed by atoms with Crippen molar-refractivity contribution in [3.05, 3.63) is 34.3 Å². The molecule has 5 heteroatoms. The van der Waals surface area contributed by atoms with E-state index in [1.165, 1.54) is 0 Å². The molecule has 0 bridgehead atoms. The van der Waals surface area contributed by atoms with E-state index in [0.29, 0.717) is 0 Å². The van der Waals surface area contributed by atoms with Crippen LogP contribution in [0.4, 0.5) is 0 Å². The number of carbonyl (C=O) groups excluding carboxylic acids is 1. The predicted molar refractivity (Wildman–Crippen MR) is 79.5 cm³/mol. The zero-order valence-electron chi connectivity index (χ0n) is 11.4. The molecule has 0 saturated heterocycles. The number of amides is 1. The van der Waals surface area contributed by atoms with Crippen LogP contribution in [-0.2, 0) is 9.59 Å². The van der Waals surface area contributed by atoms with Crippen LogP contribution >= 0.6 is 15.9 Å². The van der Waals surface area contributed by atoms with Crippen molar-refractivity contribution in [3.8, 4) is 0 Å². The first-order chi connectivity index (χ1) is 9.42. The molecule has 0 heterocycles. The molecule has 1 amide bonds. The molecule has 0 spiro atoms. The molecular weight excluding hydrogens is 322 g/mol. The average Bonchev–Trinajstić information content (AvgIpc) is 2.35. The van der Waals surface area contributed by atoms with Gasteiger partial charge in [-0.15, -0.1) is 0 Å². The van der Waals surface area contributed by atoms with Crippen molar-refractivity contribution >= 4 is 27.8 Å². The molecule has 1 aromatic rings. The summed E-state index contributed by atoms with van der Waals surface area (Å²) >= 11 is 3.36. The van der Waals surface area contributed by atoms with Gasteiger partial charge in [0.25, 0.3) is 0 Å². The van der Waals surface area contributed by atoms with Gasteiger partial charge in [-0.05, 0) is 43.9 Å². The Kier molecular flexibility index (Phi) is 4.48. The number of rotatable bonds is 5. The first-order valence-electron chi connectivity index (χ1n) is 6.71. The molecule has 1 saturated carbocycles. The smallest absolute Gasteiger partial charge is 0.305 e. The quantitative estimate of drug-likeness (QED) is 0.866. The maximum atomic E-state index is 12.3. The first kappa shape index (κ1) is 15.0. The van der Waals surface area contributed by atoms with Gasteiger partial charge in [-0.1, -0.05) is 28.1 Å². The largest absolute Gasteiger partial charge is 0.481 e. The van der Waals surface area contributed by atoms with Crippen molar-refractivity contribution in [2.75, 3.05) is 0 Å². The lowest BCUT2D eigenvalue weighted by molar-refractivity contribution is -0.140. The van der Waals surface area contributed by atoms with Crippen LogP contribution < -0.4 is 5.32 Å². The lowest BCUT2D eigenvalue weighted by atomic mass is 9.74. The Bertz CT molecular complexity index is 508. The average molecular weight is 340 g/mol. The molecule has 1 aromatic carbocycles. The van der Waals surface area contributed by atoms with Gasteiger partial charge in [-0.25, -0.2) is 0 Å². The van der Waals surface area contributed by atoms with E-state index in [1.54, 1.807) is 0 Å². The third-order valence-electron chi connectivity index (χ3n) is 3.95. The summed E-state index contributed by atoms with van der Waals surface area (Å²) < 4.78 is 0.968. The summed E-state index contributed by atoms with van der Waals surface area (Å²) in [5.41, 5.74) is 0.391. The highest BCUT2D eigenvalue weighted by Crippen LogP contribution is 2.35. The predicted octanol–water partition coefficient (Wildman–Crippen LogP) is 3.07. The van der Waals surface area contributed by atoms with Gasteiger partial charge in [0.2, 0.25) is 5.91 Å². The maximum absolute atomic E-state index is 12.3. The molecule has 1 aliphatic carbocycles. The van der Waals surface area contributed by atoms with E-state index in [9.17, 15) is 9.59 Å². The number of hydrogen-bond acceptors (Lipinski definition) is 2. The molecule has 20 heavy (non-hydrogen) atoms. The highest BCUT2D eigenvalue weighted by Gasteiger charge is 2.41. The Balaban J connectivity index is 2.03. The van der Waals surface area contributed by atoms with Crippen molar-refractivity contribution in [1.29, 1.82) is 0 Å². The number of carboxylic acids is 1. The van der Waals surface area contributed by atoms with E-state index in [2.05, 4.69) is 21.2 Å². The molecule has 108 valence electrons. The second kappa shape index (κ2) is 5.95. The number of benzene rings is 1. The summed E-state index contributed by atoms with van der Waals surface area (Å²) in [7, 11) is 0. The fourth-order valence-corrected chi connectivity index (χ4v) is 2.78. The van der Waals surface area contributed by atoms with Crippen molar-refractivity contribution in [1.82, 2.24) is 5.32 Å². The van der Waals surface area contributed by atoms with Crippen molar-refractivity contribution < 1.29 is 14.7 Å². The molecule has 2 N–H and O–H groups in total. The molecule has 0 aliphatic heterocycles. The highest BCUT2D eigenvalue weighted by molar-refractivity contribution is 9.10. The van der Waals surface area contributed by atoms with Crippen LogP contribution in [0.2, 0.25) is 0 Å². The Labute approximate surface area is 126 Å². The number of carbonyl (C=O) groups is 2. The fraction of sp³-hybridized carbons (Fsp3) is 0.467. The summed E-state index contributed by atoms with van der Waals surface area (Å²) in [5, 5.41) is 11.9. The van der Waals surface area contributed by atoms with E-state index >= 15 is 0 Å². The molecule has 4 nitrogen and oxygen atoms in total. The minimum Gasteiger partial charge on any atom is -0.481 e.